The van der Waals surface area contributed by atoms with E-state index in [2.05, 4.69) is 15.6 Å². The molecule has 0 saturated carbocycles. The van der Waals surface area contributed by atoms with Crippen LogP contribution in [-0.2, 0) is 16.1 Å². The second-order valence-electron chi connectivity index (χ2n) is 5.69. The molecular formula is C19H17N3O5S. The summed E-state index contributed by atoms with van der Waals surface area (Å²) in [4.78, 5) is 41.0. The molecule has 3 aromatic heterocycles. The van der Waals surface area contributed by atoms with Gasteiger partial charge in [0.25, 0.3) is 5.91 Å². The molecule has 3 aromatic rings. The molecule has 0 fully saturated rings. The number of nitrogens with zero attached hydrogens (tertiary/aromatic N) is 1. The van der Waals surface area contributed by atoms with Gasteiger partial charge in [0, 0.05) is 0 Å². The lowest BCUT2D eigenvalue weighted by molar-refractivity contribution is -0.123. The van der Waals surface area contributed by atoms with Crippen LogP contribution in [0.5, 0.6) is 0 Å². The Morgan fingerprint density at radius 2 is 2.04 bits per heavy atom. The number of amides is 3. The largest absolute Gasteiger partial charge is 0.467 e. The van der Waals surface area contributed by atoms with Gasteiger partial charge in [-0.15, -0.1) is 11.3 Å². The third kappa shape index (κ3) is 5.04. The second-order valence-corrected chi connectivity index (χ2v) is 6.64. The van der Waals surface area contributed by atoms with Crippen molar-refractivity contribution in [2.75, 3.05) is 6.61 Å². The number of hydrogen-bond acceptors (Lipinski definition) is 7. The molecule has 3 rings (SSSR count). The Bertz CT molecular complexity index is 968. The fourth-order valence-electron chi connectivity index (χ4n) is 2.33. The van der Waals surface area contributed by atoms with Crippen molar-refractivity contribution in [1.82, 2.24) is 15.6 Å². The molecule has 0 atom stereocenters. The summed E-state index contributed by atoms with van der Waals surface area (Å²) in [5, 5.41) is 6.46. The Hall–Kier alpha value is -3.46. The van der Waals surface area contributed by atoms with Gasteiger partial charge >= 0.3 is 12.0 Å². The number of pyridine rings is 1. The molecule has 144 valence electrons. The molecule has 0 unspecified atom stereocenters. The molecule has 0 saturated heterocycles. The van der Waals surface area contributed by atoms with Crippen molar-refractivity contribution in [3.8, 4) is 10.6 Å². The number of thiophene rings is 1. The molecule has 3 amide bonds. The number of rotatable bonds is 6. The predicted molar refractivity (Wildman–Crippen MR) is 102 cm³/mol. The molecule has 28 heavy (non-hydrogen) atoms. The molecule has 3 heterocycles. The summed E-state index contributed by atoms with van der Waals surface area (Å²) in [5.74, 6) is -0.886. The van der Waals surface area contributed by atoms with Crippen LogP contribution in [0.4, 0.5) is 4.79 Å². The summed E-state index contributed by atoms with van der Waals surface area (Å²) in [6, 6.07) is 9.84. The van der Waals surface area contributed by atoms with Crippen molar-refractivity contribution < 1.29 is 23.5 Å². The van der Waals surface area contributed by atoms with Crippen LogP contribution in [0.15, 0.2) is 52.5 Å². The van der Waals surface area contributed by atoms with E-state index in [0.717, 1.165) is 10.6 Å². The summed E-state index contributed by atoms with van der Waals surface area (Å²) in [5.41, 5.74) is 1.51. The minimum absolute atomic E-state index is 0.132. The van der Waals surface area contributed by atoms with E-state index >= 15 is 0 Å². The van der Waals surface area contributed by atoms with Crippen LogP contribution in [-0.4, -0.2) is 29.5 Å². The van der Waals surface area contributed by atoms with E-state index in [0.29, 0.717) is 11.5 Å². The smallest absolute Gasteiger partial charge is 0.340 e. The van der Waals surface area contributed by atoms with Gasteiger partial charge in [-0.25, -0.2) is 9.59 Å². The molecule has 8 nitrogen and oxygen atoms in total. The standard InChI is InChI=1S/C19H17N3O5S/c1-12-14(6-7-15(21-12)16-5-3-9-28-16)18(24)27-11-17(23)22-19(25)20-10-13-4-2-8-26-13/h2-9H,10-11H2,1H3,(H2,20,22,23,25). The molecule has 9 heteroatoms. The lowest BCUT2D eigenvalue weighted by Crippen LogP contribution is -2.41. The average Bonchev–Trinajstić information content (AvgIpc) is 3.38. The molecule has 0 radical (unpaired) electrons. The number of esters is 1. The average molecular weight is 399 g/mol. The van der Waals surface area contributed by atoms with Crippen molar-refractivity contribution in [2.45, 2.75) is 13.5 Å². The summed E-state index contributed by atoms with van der Waals surface area (Å²) in [6.07, 6.45) is 1.48. The number of hydrogen-bond donors (Lipinski definition) is 2. The Morgan fingerprint density at radius 3 is 2.71 bits per heavy atom. The topological polar surface area (TPSA) is 111 Å². The highest BCUT2D eigenvalue weighted by Crippen LogP contribution is 2.23. The Labute approximate surface area is 164 Å². The van der Waals surface area contributed by atoms with E-state index in [1.54, 1.807) is 42.5 Å². The highest BCUT2D eigenvalue weighted by atomic mass is 32.1. The van der Waals surface area contributed by atoms with E-state index in [1.807, 2.05) is 17.5 Å². The van der Waals surface area contributed by atoms with Crippen LogP contribution in [0.2, 0.25) is 0 Å². The summed E-state index contributed by atoms with van der Waals surface area (Å²) >= 11 is 1.55. The summed E-state index contributed by atoms with van der Waals surface area (Å²) < 4.78 is 10.0. The van der Waals surface area contributed by atoms with Gasteiger partial charge in [0.15, 0.2) is 6.61 Å². The van der Waals surface area contributed by atoms with Crippen LogP contribution in [0.25, 0.3) is 10.6 Å². The lowest BCUT2D eigenvalue weighted by Gasteiger charge is -2.08. The van der Waals surface area contributed by atoms with Crippen molar-refractivity contribution in [3.05, 3.63) is 65.1 Å². The van der Waals surface area contributed by atoms with E-state index in [4.69, 9.17) is 9.15 Å². The van der Waals surface area contributed by atoms with Gasteiger partial charge in [-0.05, 0) is 42.6 Å². The van der Waals surface area contributed by atoms with E-state index in [1.165, 1.54) is 6.26 Å². The highest BCUT2D eigenvalue weighted by Gasteiger charge is 2.16. The van der Waals surface area contributed by atoms with Crippen LogP contribution in [0, 0.1) is 6.92 Å². The number of carbonyl (C=O) groups is 3. The molecule has 2 N–H and O–H groups in total. The van der Waals surface area contributed by atoms with Crippen LogP contribution in [0.1, 0.15) is 21.8 Å². The number of ether oxygens (including phenoxy) is 1. The molecule has 0 spiro atoms. The van der Waals surface area contributed by atoms with Gasteiger partial charge < -0.3 is 14.5 Å². The van der Waals surface area contributed by atoms with Gasteiger partial charge in [0.2, 0.25) is 0 Å². The third-order valence-corrected chi connectivity index (χ3v) is 4.56. The van der Waals surface area contributed by atoms with Crippen LogP contribution < -0.4 is 10.6 Å². The highest BCUT2D eigenvalue weighted by molar-refractivity contribution is 7.13. The fourth-order valence-corrected chi connectivity index (χ4v) is 3.03. The zero-order chi connectivity index (χ0) is 19.9. The Balaban J connectivity index is 1.48. The molecule has 0 aliphatic heterocycles. The second kappa shape index (κ2) is 8.96. The van der Waals surface area contributed by atoms with Gasteiger partial charge in [-0.2, -0.15) is 0 Å². The molecule has 0 aliphatic carbocycles. The summed E-state index contributed by atoms with van der Waals surface area (Å²) in [6.45, 7) is 1.24. The Kier molecular flexibility index (Phi) is 6.18. The first-order valence-electron chi connectivity index (χ1n) is 8.31. The first-order chi connectivity index (χ1) is 13.5. The first kappa shape index (κ1) is 19.3. The number of furan rings is 1. The van der Waals surface area contributed by atoms with Gasteiger partial charge in [0.1, 0.15) is 5.76 Å². The van der Waals surface area contributed by atoms with E-state index in [9.17, 15) is 14.4 Å². The maximum atomic E-state index is 12.2. The number of nitrogens with one attached hydrogen (secondary N) is 2. The van der Waals surface area contributed by atoms with Gasteiger partial charge in [0.05, 0.1) is 34.6 Å². The minimum atomic E-state index is -0.744. The molecular weight excluding hydrogens is 382 g/mol. The van der Waals surface area contributed by atoms with Gasteiger partial charge in [-0.1, -0.05) is 6.07 Å². The minimum Gasteiger partial charge on any atom is -0.467 e. The van der Waals surface area contributed by atoms with Crippen LogP contribution >= 0.6 is 11.3 Å². The van der Waals surface area contributed by atoms with E-state index in [-0.39, 0.29) is 12.1 Å². The van der Waals surface area contributed by atoms with Crippen molar-refractivity contribution in [3.63, 3.8) is 0 Å². The van der Waals surface area contributed by atoms with Crippen molar-refractivity contribution >= 4 is 29.2 Å². The number of imide groups is 1. The molecule has 0 bridgehead atoms. The summed E-state index contributed by atoms with van der Waals surface area (Å²) in [7, 11) is 0. The maximum Gasteiger partial charge on any atom is 0.340 e. The molecule has 0 aliphatic rings. The van der Waals surface area contributed by atoms with Crippen molar-refractivity contribution in [1.29, 1.82) is 0 Å². The zero-order valence-corrected chi connectivity index (χ0v) is 15.7. The van der Waals surface area contributed by atoms with E-state index < -0.39 is 24.5 Å². The number of urea groups is 1. The molecule has 0 aromatic carbocycles. The normalized spacial score (nSPS) is 10.3. The first-order valence-corrected chi connectivity index (χ1v) is 9.19. The third-order valence-electron chi connectivity index (χ3n) is 3.67. The number of aromatic nitrogens is 1. The predicted octanol–water partition coefficient (Wildman–Crippen LogP) is 2.89. The zero-order valence-electron chi connectivity index (χ0n) is 14.9. The number of carbonyl (C=O) groups excluding carboxylic acids is 3. The number of aryl methyl sites for hydroxylation is 1. The Morgan fingerprint density at radius 1 is 1.18 bits per heavy atom. The van der Waals surface area contributed by atoms with Gasteiger partial charge in [-0.3, -0.25) is 15.1 Å². The van der Waals surface area contributed by atoms with Crippen LogP contribution in [0.3, 0.4) is 0 Å². The maximum absolute atomic E-state index is 12.2. The SMILES string of the molecule is Cc1nc(-c2cccs2)ccc1C(=O)OCC(=O)NC(=O)NCc1ccco1. The lowest BCUT2D eigenvalue weighted by atomic mass is 10.2. The fraction of sp³-hybridized carbons (Fsp3) is 0.158. The quantitative estimate of drug-likeness (QED) is 0.617. The van der Waals surface area contributed by atoms with Crippen molar-refractivity contribution in [2.24, 2.45) is 0 Å². The monoisotopic (exact) mass is 399 g/mol.